The highest BCUT2D eigenvalue weighted by molar-refractivity contribution is 6.34. The van der Waals surface area contributed by atoms with Gasteiger partial charge in [-0.2, -0.15) is 0 Å². The van der Waals surface area contributed by atoms with Gasteiger partial charge in [0.25, 0.3) is 5.91 Å². The highest BCUT2D eigenvalue weighted by atomic mass is 35.5. The molecule has 2 atom stereocenters. The van der Waals surface area contributed by atoms with Crippen LogP contribution in [0.2, 0.25) is 5.02 Å². The average Bonchev–Trinajstić information content (AvgIpc) is 2.56. The summed E-state index contributed by atoms with van der Waals surface area (Å²) in [6.45, 7) is 3.99. The van der Waals surface area contributed by atoms with Crippen LogP contribution in [-0.2, 0) is 4.79 Å². The lowest BCUT2D eigenvalue weighted by Crippen LogP contribution is -2.53. The molecule has 2 unspecified atom stereocenters. The van der Waals surface area contributed by atoms with Gasteiger partial charge in [-0.3, -0.25) is 9.59 Å². The molecule has 2 bridgehead atoms. The smallest absolute Gasteiger partial charge is 0.253 e. The molecule has 3 rings (SSSR count). The summed E-state index contributed by atoms with van der Waals surface area (Å²) in [7, 11) is 0. The van der Waals surface area contributed by atoms with Crippen LogP contribution >= 0.6 is 24.0 Å². The molecule has 0 aromatic heterocycles. The summed E-state index contributed by atoms with van der Waals surface area (Å²) in [5.74, 6) is 0.942. The Labute approximate surface area is 178 Å². The molecule has 2 amide bonds. The van der Waals surface area contributed by atoms with E-state index in [1.807, 2.05) is 13.8 Å². The lowest BCUT2D eigenvalue weighted by molar-refractivity contribution is -0.116. The van der Waals surface area contributed by atoms with Crippen LogP contribution in [0.4, 0.5) is 5.69 Å². The number of carbonyl (C=O) groups excluding carboxylic acids is 2. The van der Waals surface area contributed by atoms with Crippen molar-refractivity contribution in [2.24, 2.45) is 23.5 Å². The van der Waals surface area contributed by atoms with Crippen molar-refractivity contribution in [2.75, 3.05) is 5.32 Å². The predicted molar refractivity (Wildman–Crippen MR) is 116 cm³/mol. The maximum Gasteiger partial charge on any atom is 0.253 e. The van der Waals surface area contributed by atoms with E-state index in [4.69, 9.17) is 17.3 Å². The third-order valence-electron chi connectivity index (χ3n) is 5.76. The van der Waals surface area contributed by atoms with Crippen molar-refractivity contribution < 1.29 is 9.59 Å². The highest BCUT2D eigenvalue weighted by Gasteiger charge is 2.40. The third-order valence-corrected chi connectivity index (χ3v) is 6.09. The number of anilines is 1. The van der Waals surface area contributed by atoms with Crippen LogP contribution < -0.4 is 16.4 Å². The number of carbonyl (C=O) groups is 2. The fourth-order valence-corrected chi connectivity index (χ4v) is 4.82. The molecule has 0 spiro atoms. The first kappa shape index (κ1) is 23.0. The second-order valence-corrected chi connectivity index (χ2v) is 8.93. The molecule has 0 saturated heterocycles. The van der Waals surface area contributed by atoms with Crippen molar-refractivity contribution in [1.29, 1.82) is 0 Å². The minimum Gasteiger partial charge on any atom is -0.349 e. The second-order valence-electron chi connectivity index (χ2n) is 8.52. The Hall–Kier alpha value is -1.30. The maximum absolute atomic E-state index is 12.9. The minimum atomic E-state index is -0.169. The number of nitrogens with two attached hydrogens (primary N) is 1. The number of hydrogen-bond donors (Lipinski definition) is 3. The fourth-order valence-electron chi connectivity index (χ4n) is 4.61. The highest BCUT2D eigenvalue weighted by Crippen LogP contribution is 2.40. The zero-order valence-electron chi connectivity index (χ0n) is 16.5. The Bertz CT molecular complexity index is 697. The van der Waals surface area contributed by atoms with Crippen LogP contribution in [0.25, 0.3) is 0 Å². The van der Waals surface area contributed by atoms with Gasteiger partial charge in [-0.05, 0) is 61.6 Å². The molecule has 28 heavy (non-hydrogen) atoms. The Morgan fingerprint density at radius 3 is 2.46 bits per heavy atom. The molecule has 7 heteroatoms. The number of benzene rings is 1. The van der Waals surface area contributed by atoms with Crippen molar-refractivity contribution in [2.45, 2.75) is 64.5 Å². The van der Waals surface area contributed by atoms with E-state index in [9.17, 15) is 9.59 Å². The monoisotopic (exact) mass is 427 g/mol. The molecule has 0 aliphatic heterocycles. The van der Waals surface area contributed by atoms with E-state index in [0.717, 1.165) is 25.7 Å². The Morgan fingerprint density at radius 1 is 1.21 bits per heavy atom. The first-order chi connectivity index (χ1) is 12.8. The van der Waals surface area contributed by atoms with E-state index < -0.39 is 0 Å². The van der Waals surface area contributed by atoms with Gasteiger partial charge in [0.05, 0.1) is 10.6 Å². The van der Waals surface area contributed by atoms with Gasteiger partial charge in [-0.25, -0.2) is 0 Å². The fraction of sp³-hybridized carbons (Fsp3) is 0.619. The molecule has 2 fully saturated rings. The van der Waals surface area contributed by atoms with E-state index in [2.05, 4.69) is 10.6 Å². The summed E-state index contributed by atoms with van der Waals surface area (Å²) in [6, 6.07) is 5.48. The first-order valence-corrected chi connectivity index (χ1v) is 10.4. The van der Waals surface area contributed by atoms with Crippen LogP contribution in [0.3, 0.4) is 0 Å². The Morgan fingerprint density at radius 2 is 1.86 bits per heavy atom. The van der Waals surface area contributed by atoms with Crippen molar-refractivity contribution in [3.63, 3.8) is 0 Å². The van der Waals surface area contributed by atoms with Crippen molar-refractivity contribution in [1.82, 2.24) is 5.32 Å². The summed E-state index contributed by atoms with van der Waals surface area (Å²) >= 11 is 6.28. The van der Waals surface area contributed by atoms with Crippen LogP contribution in [0.5, 0.6) is 0 Å². The molecule has 0 heterocycles. The molecule has 1 aromatic rings. The Balaban J connectivity index is 0.00000280. The van der Waals surface area contributed by atoms with Gasteiger partial charge in [0.2, 0.25) is 5.91 Å². The number of nitrogens with one attached hydrogen (secondary N) is 2. The quantitative estimate of drug-likeness (QED) is 0.651. The molecule has 2 aliphatic rings. The van der Waals surface area contributed by atoms with E-state index in [1.54, 1.807) is 18.2 Å². The molecule has 4 N–H and O–H groups in total. The van der Waals surface area contributed by atoms with E-state index in [-0.39, 0.29) is 42.2 Å². The minimum absolute atomic E-state index is 0. The summed E-state index contributed by atoms with van der Waals surface area (Å²) in [6.07, 6.45) is 5.84. The van der Waals surface area contributed by atoms with E-state index >= 15 is 0 Å². The molecular formula is C21H31Cl2N3O2. The van der Waals surface area contributed by atoms with E-state index in [1.165, 1.54) is 6.42 Å². The standard InChI is InChI=1S/C21H30ClN3O2.ClH/c1-12(2)8-19(26)24-16-6-7-18(22)17(11-16)21(27)25-20-13-4-3-5-14(20)10-15(23)9-13;/h6-7,11-15,20H,3-5,8-10,23H2,1-2H3,(H,24,26)(H,25,27);1H. The zero-order chi connectivity index (χ0) is 19.6. The number of fused-ring (bicyclic) bond motifs is 2. The van der Waals surface area contributed by atoms with Gasteiger partial charge in [0.15, 0.2) is 0 Å². The molecule has 1 aromatic carbocycles. The predicted octanol–water partition coefficient (Wildman–Crippen LogP) is 4.38. The topological polar surface area (TPSA) is 84.2 Å². The SMILES string of the molecule is CC(C)CC(=O)Nc1ccc(Cl)c(C(=O)NC2C3CCCC2CC(N)C3)c1.Cl. The maximum atomic E-state index is 12.9. The zero-order valence-corrected chi connectivity index (χ0v) is 18.1. The van der Waals surface area contributed by atoms with Crippen molar-refractivity contribution >= 4 is 41.5 Å². The van der Waals surface area contributed by atoms with Gasteiger partial charge in [-0.15, -0.1) is 12.4 Å². The molecule has 2 aliphatic carbocycles. The summed E-state index contributed by atoms with van der Waals surface area (Å²) < 4.78 is 0. The normalized spacial score (nSPS) is 26.3. The van der Waals surface area contributed by atoms with Crippen LogP contribution in [0.1, 0.15) is 62.7 Å². The largest absolute Gasteiger partial charge is 0.349 e. The van der Waals surface area contributed by atoms with Gasteiger partial charge >= 0.3 is 0 Å². The number of halogens is 2. The van der Waals surface area contributed by atoms with Gasteiger partial charge in [0, 0.05) is 24.2 Å². The Kier molecular flexibility index (Phi) is 8.17. The van der Waals surface area contributed by atoms with Gasteiger partial charge in [-0.1, -0.05) is 31.9 Å². The first-order valence-electron chi connectivity index (χ1n) is 9.99. The second kappa shape index (κ2) is 9.95. The molecule has 0 radical (unpaired) electrons. The number of rotatable bonds is 5. The molecule has 5 nitrogen and oxygen atoms in total. The van der Waals surface area contributed by atoms with Crippen LogP contribution in [-0.4, -0.2) is 23.9 Å². The third kappa shape index (κ3) is 5.62. The summed E-state index contributed by atoms with van der Waals surface area (Å²) in [5, 5.41) is 6.47. The van der Waals surface area contributed by atoms with Crippen molar-refractivity contribution in [3.05, 3.63) is 28.8 Å². The van der Waals surface area contributed by atoms with Crippen LogP contribution in [0, 0.1) is 17.8 Å². The lowest BCUT2D eigenvalue weighted by Gasteiger charge is -2.45. The lowest BCUT2D eigenvalue weighted by atomic mass is 9.67. The number of hydrogen-bond acceptors (Lipinski definition) is 3. The summed E-state index contributed by atoms with van der Waals surface area (Å²) in [5.41, 5.74) is 7.19. The molecule has 2 saturated carbocycles. The van der Waals surface area contributed by atoms with Gasteiger partial charge in [0.1, 0.15) is 0 Å². The van der Waals surface area contributed by atoms with E-state index in [0.29, 0.717) is 34.5 Å². The van der Waals surface area contributed by atoms with Crippen molar-refractivity contribution in [3.8, 4) is 0 Å². The molecular weight excluding hydrogens is 397 g/mol. The average molecular weight is 428 g/mol. The molecule has 156 valence electrons. The number of amides is 2. The van der Waals surface area contributed by atoms with Gasteiger partial charge < -0.3 is 16.4 Å². The van der Waals surface area contributed by atoms with Crippen LogP contribution in [0.15, 0.2) is 18.2 Å². The summed E-state index contributed by atoms with van der Waals surface area (Å²) in [4.78, 5) is 24.9.